The zero-order chi connectivity index (χ0) is 25.4. The molecule has 6 aromatic rings. The minimum atomic E-state index is -0.480. The van der Waals surface area contributed by atoms with Crippen molar-refractivity contribution in [1.82, 2.24) is 29.4 Å². The smallest absolute Gasteiger partial charge is 0.291 e. The number of nitrogens with zero attached hydrogens (tertiary/aromatic N) is 6. The molecule has 4 heterocycles. The van der Waals surface area contributed by atoms with Gasteiger partial charge in [0.05, 0.1) is 16.8 Å². The zero-order valence-electron chi connectivity index (χ0n) is 19.6. The lowest BCUT2D eigenvalue weighted by atomic mass is 10.1. The summed E-state index contributed by atoms with van der Waals surface area (Å²) < 4.78 is 23.5. The van der Waals surface area contributed by atoms with Crippen molar-refractivity contribution in [2.45, 2.75) is 6.92 Å². The van der Waals surface area contributed by atoms with E-state index in [1.165, 1.54) is 21.9 Å². The molecule has 0 fully saturated rings. The third-order valence-corrected chi connectivity index (χ3v) is 6.63. The Morgan fingerprint density at radius 2 is 1.84 bits per heavy atom. The first-order valence-corrected chi connectivity index (χ1v) is 12.3. The number of aromatic nitrogens is 6. The minimum absolute atomic E-state index is 0.177. The van der Waals surface area contributed by atoms with Gasteiger partial charge in [-0.3, -0.25) is 9.78 Å². The summed E-state index contributed by atoms with van der Waals surface area (Å²) in [4.78, 5) is 22.2. The second-order valence-electron chi connectivity index (χ2n) is 8.07. The van der Waals surface area contributed by atoms with Crippen molar-refractivity contribution in [3.8, 4) is 34.1 Å². The van der Waals surface area contributed by atoms with E-state index < -0.39 is 5.82 Å². The first-order chi connectivity index (χ1) is 18.1. The predicted molar refractivity (Wildman–Crippen MR) is 139 cm³/mol. The van der Waals surface area contributed by atoms with Gasteiger partial charge in [-0.1, -0.05) is 29.5 Å². The topological polar surface area (TPSA) is 87.2 Å². The molecular weight excluding hydrogens is 491 g/mol. The summed E-state index contributed by atoms with van der Waals surface area (Å²) in [6, 6.07) is 17.9. The predicted octanol–water partition coefficient (Wildman–Crippen LogP) is 4.15. The Morgan fingerprint density at radius 3 is 2.57 bits per heavy atom. The quantitative estimate of drug-likeness (QED) is 0.335. The van der Waals surface area contributed by atoms with Crippen LogP contribution in [0.2, 0.25) is 0 Å². The van der Waals surface area contributed by atoms with E-state index in [1.54, 1.807) is 54.3 Å². The molecule has 0 aliphatic rings. The fraction of sp³-hybridized carbons (Fsp3) is 0.0741. The second-order valence-corrected chi connectivity index (χ2v) is 9.08. The van der Waals surface area contributed by atoms with Crippen molar-refractivity contribution >= 4 is 22.4 Å². The van der Waals surface area contributed by atoms with Crippen LogP contribution in [0.3, 0.4) is 0 Å². The zero-order valence-corrected chi connectivity index (χ0v) is 20.4. The molecule has 8 nitrogen and oxygen atoms in total. The van der Waals surface area contributed by atoms with E-state index in [9.17, 15) is 9.18 Å². The van der Waals surface area contributed by atoms with E-state index in [0.717, 1.165) is 11.3 Å². The first kappa shape index (κ1) is 22.7. The molecule has 37 heavy (non-hydrogen) atoms. The summed E-state index contributed by atoms with van der Waals surface area (Å²) in [7, 11) is 0. The molecule has 2 aromatic carbocycles. The maximum Gasteiger partial charge on any atom is 0.291 e. The minimum Gasteiger partial charge on any atom is -0.491 e. The maximum atomic E-state index is 14.7. The summed E-state index contributed by atoms with van der Waals surface area (Å²) in [5.74, 6) is 0.155. The van der Waals surface area contributed by atoms with Crippen LogP contribution in [0.4, 0.5) is 4.39 Å². The van der Waals surface area contributed by atoms with Gasteiger partial charge in [0.25, 0.3) is 5.56 Å². The van der Waals surface area contributed by atoms with Gasteiger partial charge in [0.15, 0.2) is 17.4 Å². The van der Waals surface area contributed by atoms with Crippen LogP contribution in [0.1, 0.15) is 12.5 Å². The van der Waals surface area contributed by atoms with Gasteiger partial charge in [-0.15, -0.1) is 5.10 Å². The molecule has 10 heteroatoms. The normalized spacial score (nSPS) is 11.9. The Morgan fingerprint density at radius 1 is 1.03 bits per heavy atom. The van der Waals surface area contributed by atoms with Gasteiger partial charge in [0.1, 0.15) is 5.69 Å². The molecule has 0 radical (unpaired) electrons. The number of thiazole rings is 1. The van der Waals surface area contributed by atoms with E-state index in [-0.39, 0.29) is 11.3 Å². The van der Waals surface area contributed by atoms with Gasteiger partial charge in [0, 0.05) is 35.3 Å². The summed E-state index contributed by atoms with van der Waals surface area (Å²) in [5.41, 5.74) is 3.07. The molecule has 0 unspecified atom stereocenters. The molecular formula is C27H19FN6O2S. The van der Waals surface area contributed by atoms with Crippen LogP contribution in [0.25, 0.3) is 39.4 Å². The molecule has 4 aromatic heterocycles. The molecule has 0 saturated heterocycles. The van der Waals surface area contributed by atoms with Gasteiger partial charge in [-0.25, -0.2) is 9.07 Å². The van der Waals surface area contributed by atoms with Crippen LogP contribution in [-0.4, -0.2) is 36.0 Å². The van der Waals surface area contributed by atoms with Crippen molar-refractivity contribution in [3.05, 3.63) is 106 Å². The largest absolute Gasteiger partial charge is 0.491 e. The van der Waals surface area contributed by atoms with E-state index in [1.807, 2.05) is 36.5 Å². The van der Waals surface area contributed by atoms with Crippen LogP contribution in [0, 0.1) is 5.82 Å². The highest BCUT2D eigenvalue weighted by atomic mass is 32.1. The van der Waals surface area contributed by atoms with E-state index in [4.69, 9.17) is 9.84 Å². The number of rotatable bonds is 6. The van der Waals surface area contributed by atoms with E-state index >= 15 is 0 Å². The van der Waals surface area contributed by atoms with Gasteiger partial charge < -0.3 is 4.74 Å². The molecule has 0 aliphatic carbocycles. The summed E-state index contributed by atoms with van der Waals surface area (Å²) >= 11 is 1.23. The summed E-state index contributed by atoms with van der Waals surface area (Å²) in [5, 5.41) is 9.11. The van der Waals surface area contributed by atoms with Crippen LogP contribution in [-0.2, 0) is 0 Å². The Balaban J connectivity index is 1.48. The average Bonchev–Trinajstić information content (AvgIpc) is 3.62. The number of pyridine rings is 1. The van der Waals surface area contributed by atoms with Gasteiger partial charge >= 0.3 is 0 Å². The number of ether oxygens (including phenoxy) is 1. The van der Waals surface area contributed by atoms with Crippen molar-refractivity contribution in [2.24, 2.45) is 0 Å². The van der Waals surface area contributed by atoms with Crippen LogP contribution in [0.5, 0.6) is 5.75 Å². The van der Waals surface area contributed by atoms with Crippen LogP contribution in [0.15, 0.2) is 84.0 Å². The van der Waals surface area contributed by atoms with Gasteiger partial charge in [-0.2, -0.15) is 14.6 Å². The Labute approximate surface area is 213 Å². The third kappa shape index (κ3) is 4.27. The molecule has 6 rings (SSSR count). The Hall–Kier alpha value is -4.70. The van der Waals surface area contributed by atoms with Crippen molar-refractivity contribution in [2.75, 3.05) is 6.61 Å². The molecule has 0 spiro atoms. The fourth-order valence-electron chi connectivity index (χ4n) is 3.95. The Kier molecular flexibility index (Phi) is 5.78. The molecule has 182 valence electrons. The van der Waals surface area contributed by atoms with Gasteiger partial charge in [0.2, 0.25) is 4.96 Å². The number of benzene rings is 2. The lowest BCUT2D eigenvalue weighted by molar-refractivity contribution is 0.321. The number of halogens is 1. The first-order valence-electron chi connectivity index (χ1n) is 11.5. The second kappa shape index (κ2) is 9.40. The van der Waals surface area contributed by atoms with Crippen molar-refractivity contribution in [3.63, 3.8) is 0 Å². The lowest BCUT2D eigenvalue weighted by Crippen LogP contribution is -2.23. The summed E-state index contributed by atoms with van der Waals surface area (Å²) in [6.07, 6.45) is 6.86. The highest BCUT2D eigenvalue weighted by Gasteiger charge is 2.16. The molecule has 0 N–H and O–H groups in total. The SMILES string of the molecule is CCOc1ccc(-c2nn(-c3ccccc3)cc2C=c2sc3nc(-c4ccncc4)nn3c2=O)cc1F. The number of para-hydroxylation sites is 1. The van der Waals surface area contributed by atoms with E-state index in [2.05, 4.69) is 15.1 Å². The van der Waals surface area contributed by atoms with Crippen LogP contribution >= 0.6 is 11.3 Å². The third-order valence-electron chi connectivity index (χ3n) is 5.68. The molecule has 0 bridgehead atoms. The number of hydrogen-bond acceptors (Lipinski definition) is 7. The van der Waals surface area contributed by atoms with Crippen molar-refractivity contribution in [1.29, 1.82) is 0 Å². The highest BCUT2D eigenvalue weighted by Crippen LogP contribution is 2.28. The molecule has 0 atom stereocenters. The van der Waals surface area contributed by atoms with Gasteiger partial charge in [-0.05, 0) is 55.5 Å². The summed E-state index contributed by atoms with van der Waals surface area (Å²) in [6.45, 7) is 2.16. The Bertz CT molecular complexity index is 1830. The number of fused-ring (bicyclic) bond motifs is 1. The standard InChI is InChI=1S/C27H19FN6O2S/c1-2-36-22-9-8-18(14-21(22)28)24-19(16-33(31-24)20-6-4-3-5-7-20)15-23-26(35)34-27(37-23)30-25(32-34)17-10-12-29-13-11-17/h3-16H,2H2,1H3. The lowest BCUT2D eigenvalue weighted by Gasteiger charge is -2.06. The van der Waals surface area contributed by atoms with Crippen LogP contribution < -0.4 is 14.8 Å². The highest BCUT2D eigenvalue weighted by molar-refractivity contribution is 7.15. The average molecular weight is 511 g/mol. The molecule has 0 aliphatic heterocycles. The molecule has 0 saturated carbocycles. The maximum absolute atomic E-state index is 14.7. The van der Waals surface area contributed by atoms with Crippen molar-refractivity contribution < 1.29 is 9.13 Å². The van der Waals surface area contributed by atoms with E-state index in [0.29, 0.717) is 38.7 Å². The number of hydrogen-bond donors (Lipinski definition) is 0. The molecule has 0 amide bonds. The fourth-order valence-corrected chi connectivity index (χ4v) is 4.85. The monoisotopic (exact) mass is 510 g/mol.